The van der Waals surface area contributed by atoms with E-state index in [9.17, 15) is 18.0 Å². The molecule has 1 aromatic rings. The van der Waals surface area contributed by atoms with Crippen molar-refractivity contribution >= 4 is 21.8 Å². The third kappa shape index (κ3) is 3.61. The average Bonchev–Trinajstić information content (AvgIpc) is 2.81. The van der Waals surface area contributed by atoms with Crippen LogP contribution >= 0.6 is 0 Å². The van der Waals surface area contributed by atoms with Gasteiger partial charge >= 0.3 is 0 Å². The van der Waals surface area contributed by atoms with E-state index in [1.165, 1.54) is 22.5 Å². The van der Waals surface area contributed by atoms with Crippen LogP contribution in [0.15, 0.2) is 23.1 Å². The minimum atomic E-state index is -3.67. The molecule has 0 bridgehead atoms. The summed E-state index contributed by atoms with van der Waals surface area (Å²) < 4.78 is 27.2. The number of rotatable bonds is 8. The van der Waals surface area contributed by atoms with E-state index in [4.69, 9.17) is 0 Å². The zero-order chi connectivity index (χ0) is 17.0. The molecule has 1 aliphatic heterocycles. The fraction of sp³-hybridized carbons (Fsp3) is 0.500. The Morgan fingerprint density at radius 2 is 1.52 bits per heavy atom. The molecule has 0 unspecified atom stereocenters. The van der Waals surface area contributed by atoms with E-state index in [-0.39, 0.29) is 16.0 Å². The molecule has 2 amide bonds. The molecule has 1 aliphatic rings. The second kappa shape index (κ2) is 7.23. The first-order chi connectivity index (χ1) is 10.9. The molecule has 0 radical (unpaired) electrons. The van der Waals surface area contributed by atoms with E-state index in [0.29, 0.717) is 13.1 Å². The Bertz CT molecular complexity index is 705. The van der Waals surface area contributed by atoms with Crippen LogP contribution in [0.3, 0.4) is 0 Å². The van der Waals surface area contributed by atoms with Crippen molar-refractivity contribution in [2.45, 2.75) is 44.4 Å². The highest BCUT2D eigenvalue weighted by Gasteiger charge is 2.30. The predicted molar refractivity (Wildman–Crippen MR) is 86.8 cm³/mol. The molecule has 1 N–H and O–H groups in total. The van der Waals surface area contributed by atoms with Crippen molar-refractivity contribution in [2.24, 2.45) is 0 Å². The Labute approximate surface area is 136 Å². The van der Waals surface area contributed by atoms with Gasteiger partial charge in [-0.3, -0.25) is 14.9 Å². The summed E-state index contributed by atoms with van der Waals surface area (Å²) in [6.07, 6.45) is 3.37. The van der Waals surface area contributed by atoms with Gasteiger partial charge in [0.2, 0.25) is 10.0 Å². The molecule has 6 nitrogen and oxygen atoms in total. The maximum absolute atomic E-state index is 12.8. The normalized spacial score (nSPS) is 14.2. The summed E-state index contributed by atoms with van der Waals surface area (Å²) in [5, 5.41) is 2.17. The number of amides is 2. The number of carbonyl (C=O) groups is 2. The molecule has 0 saturated heterocycles. The molecule has 0 aliphatic carbocycles. The number of benzene rings is 1. The van der Waals surface area contributed by atoms with Gasteiger partial charge in [0.1, 0.15) is 0 Å². The van der Waals surface area contributed by atoms with Crippen molar-refractivity contribution in [3.05, 3.63) is 29.3 Å². The van der Waals surface area contributed by atoms with E-state index in [1.54, 1.807) is 0 Å². The van der Waals surface area contributed by atoms with Crippen molar-refractivity contribution < 1.29 is 18.0 Å². The lowest BCUT2D eigenvalue weighted by molar-refractivity contribution is 0.0879. The van der Waals surface area contributed by atoms with Crippen LogP contribution in [0.2, 0.25) is 0 Å². The number of hydrogen-bond donors (Lipinski definition) is 1. The highest BCUT2D eigenvalue weighted by Crippen LogP contribution is 2.23. The van der Waals surface area contributed by atoms with Crippen LogP contribution < -0.4 is 5.32 Å². The first-order valence-corrected chi connectivity index (χ1v) is 9.35. The van der Waals surface area contributed by atoms with Crippen LogP contribution in [0, 0.1) is 0 Å². The highest BCUT2D eigenvalue weighted by molar-refractivity contribution is 7.89. The highest BCUT2D eigenvalue weighted by atomic mass is 32.2. The molecule has 23 heavy (non-hydrogen) atoms. The molecule has 0 saturated carbocycles. The number of fused-ring (bicyclic) bond motifs is 1. The van der Waals surface area contributed by atoms with Gasteiger partial charge in [0.25, 0.3) is 11.8 Å². The summed E-state index contributed by atoms with van der Waals surface area (Å²) in [4.78, 5) is 23.4. The van der Waals surface area contributed by atoms with E-state index < -0.39 is 21.8 Å². The summed E-state index contributed by atoms with van der Waals surface area (Å²) in [5.74, 6) is -1.03. The monoisotopic (exact) mass is 338 g/mol. The predicted octanol–water partition coefficient (Wildman–Crippen LogP) is 2.16. The zero-order valence-electron chi connectivity index (χ0n) is 13.5. The van der Waals surface area contributed by atoms with Crippen LogP contribution in [0.4, 0.5) is 0 Å². The van der Waals surface area contributed by atoms with E-state index in [0.717, 1.165) is 25.7 Å². The lowest BCUT2D eigenvalue weighted by Crippen LogP contribution is -2.33. The first-order valence-electron chi connectivity index (χ1n) is 7.91. The second-order valence-corrected chi connectivity index (χ2v) is 7.54. The van der Waals surface area contributed by atoms with Crippen LogP contribution in [-0.2, 0) is 10.0 Å². The van der Waals surface area contributed by atoms with Gasteiger partial charge in [-0.25, -0.2) is 8.42 Å². The maximum atomic E-state index is 12.8. The standard InChI is InChI=1S/C16H22N2O4S/c1-3-5-9-18(10-6-4-2)23(21,22)12-7-8-13-14(11-12)16(20)17-15(13)19/h7-8,11H,3-6,9-10H2,1-2H3,(H,17,19,20). The van der Waals surface area contributed by atoms with Crippen molar-refractivity contribution in [1.29, 1.82) is 0 Å². The first kappa shape index (κ1) is 17.6. The number of carbonyl (C=O) groups excluding carboxylic acids is 2. The maximum Gasteiger partial charge on any atom is 0.258 e. The largest absolute Gasteiger partial charge is 0.288 e. The van der Waals surface area contributed by atoms with Crippen molar-refractivity contribution in [1.82, 2.24) is 9.62 Å². The van der Waals surface area contributed by atoms with Gasteiger partial charge in [0.15, 0.2) is 0 Å². The van der Waals surface area contributed by atoms with Gasteiger partial charge in [0.05, 0.1) is 16.0 Å². The van der Waals surface area contributed by atoms with Crippen molar-refractivity contribution in [2.75, 3.05) is 13.1 Å². The molecule has 7 heteroatoms. The number of nitrogens with zero attached hydrogens (tertiary/aromatic N) is 1. The van der Waals surface area contributed by atoms with E-state index in [2.05, 4.69) is 5.32 Å². The summed E-state index contributed by atoms with van der Waals surface area (Å²) in [6, 6.07) is 4.10. The van der Waals surface area contributed by atoms with E-state index in [1.807, 2.05) is 13.8 Å². The molecule has 0 aromatic heterocycles. The fourth-order valence-corrected chi connectivity index (χ4v) is 4.02. The molecule has 1 heterocycles. The fourth-order valence-electron chi connectivity index (χ4n) is 2.48. The van der Waals surface area contributed by atoms with Crippen LogP contribution in [0.1, 0.15) is 60.2 Å². The Balaban J connectivity index is 2.35. The number of nitrogens with one attached hydrogen (secondary N) is 1. The number of unbranched alkanes of at least 4 members (excludes halogenated alkanes) is 2. The molecule has 1 aromatic carbocycles. The average molecular weight is 338 g/mol. The zero-order valence-corrected chi connectivity index (χ0v) is 14.3. The number of hydrogen-bond acceptors (Lipinski definition) is 4. The Kier molecular flexibility index (Phi) is 5.54. The minimum Gasteiger partial charge on any atom is -0.288 e. The third-order valence-corrected chi connectivity index (χ3v) is 5.76. The second-order valence-electron chi connectivity index (χ2n) is 5.60. The van der Waals surface area contributed by atoms with E-state index >= 15 is 0 Å². The summed E-state index contributed by atoms with van der Waals surface area (Å²) in [5.41, 5.74) is 0.352. The SMILES string of the molecule is CCCCN(CCCC)S(=O)(=O)c1ccc2c(c1)C(=O)NC2=O. The van der Waals surface area contributed by atoms with Crippen molar-refractivity contribution in [3.8, 4) is 0 Å². The summed E-state index contributed by atoms with van der Waals surface area (Å²) >= 11 is 0. The van der Waals surface area contributed by atoms with Crippen LogP contribution in [0.5, 0.6) is 0 Å². The van der Waals surface area contributed by atoms with Crippen LogP contribution in [0.25, 0.3) is 0 Å². The number of sulfonamides is 1. The Hall–Kier alpha value is -1.73. The van der Waals surface area contributed by atoms with Gasteiger partial charge in [-0.15, -0.1) is 0 Å². The molecular formula is C16H22N2O4S. The Morgan fingerprint density at radius 3 is 2.09 bits per heavy atom. The molecule has 0 atom stereocenters. The lowest BCUT2D eigenvalue weighted by Gasteiger charge is -2.22. The smallest absolute Gasteiger partial charge is 0.258 e. The quantitative estimate of drug-likeness (QED) is 0.736. The topological polar surface area (TPSA) is 83.6 Å². The van der Waals surface area contributed by atoms with Gasteiger partial charge in [-0.1, -0.05) is 26.7 Å². The molecular weight excluding hydrogens is 316 g/mol. The van der Waals surface area contributed by atoms with Gasteiger partial charge < -0.3 is 0 Å². The Morgan fingerprint density at radius 1 is 0.957 bits per heavy atom. The molecule has 126 valence electrons. The van der Waals surface area contributed by atoms with Gasteiger partial charge in [-0.2, -0.15) is 4.31 Å². The number of imide groups is 1. The van der Waals surface area contributed by atoms with Crippen molar-refractivity contribution in [3.63, 3.8) is 0 Å². The third-order valence-electron chi connectivity index (χ3n) is 3.87. The van der Waals surface area contributed by atoms with Gasteiger partial charge in [-0.05, 0) is 31.0 Å². The molecule has 0 fully saturated rings. The van der Waals surface area contributed by atoms with Gasteiger partial charge in [0, 0.05) is 13.1 Å². The molecule has 0 spiro atoms. The van der Waals surface area contributed by atoms with Crippen LogP contribution in [-0.4, -0.2) is 37.6 Å². The summed E-state index contributed by atoms with van der Waals surface area (Å²) in [6.45, 7) is 4.94. The summed E-state index contributed by atoms with van der Waals surface area (Å²) in [7, 11) is -3.67. The molecule has 2 rings (SSSR count). The lowest BCUT2D eigenvalue weighted by atomic mass is 10.1. The minimum absolute atomic E-state index is 0.0632.